The van der Waals surface area contributed by atoms with Gasteiger partial charge in [0.15, 0.2) is 5.65 Å². The Morgan fingerprint density at radius 3 is 2.58 bits per heavy atom. The van der Waals surface area contributed by atoms with E-state index in [4.69, 9.17) is 4.74 Å². The third-order valence-electron chi connectivity index (χ3n) is 6.10. The second-order valence-corrected chi connectivity index (χ2v) is 8.02. The molecule has 0 spiro atoms. The van der Waals surface area contributed by atoms with Crippen LogP contribution in [0.1, 0.15) is 18.1 Å². The zero-order valence-corrected chi connectivity index (χ0v) is 18.1. The second-order valence-electron chi connectivity index (χ2n) is 8.02. The van der Waals surface area contributed by atoms with Crippen LogP contribution in [-0.2, 0) is 11.2 Å². The maximum atomic E-state index is 5.45. The molecule has 5 heteroatoms. The molecule has 0 atom stereocenters. The van der Waals surface area contributed by atoms with Gasteiger partial charge in [-0.3, -0.25) is 4.40 Å². The minimum atomic E-state index is 0.797. The molecule has 5 rings (SSSR count). The molecule has 0 bridgehead atoms. The normalized spacial score (nSPS) is 14.2. The number of pyridine rings is 1. The van der Waals surface area contributed by atoms with E-state index >= 15 is 0 Å². The van der Waals surface area contributed by atoms with Crippen molar-refractivity contribution < 1.29 is 4.74 Å². The molecule has 31 heavy (non-hydrogen) atoms. The van der Waals surface area contributed by atoms with Crippen molar-refractivity contribution in [2.75, 3.05) is 36.5 Å². The van der Waals surface area contributed by atoms with Crippen molar-refractivity contribution in [3.63, 3.8) is 0 Å². The molecule has 2 aromatic heterocycles. The van der Waals surface area contributed by atoms with Gasteiger partial charge in [0.2, 0.25) is 0 Å². The van der Waals surface area contributed by atoms with Crippen LogP contribution in [-0.4, -0.2) is 35.7 Å². The van der Waals surface area contributed by atoms with Crippen LogP contribution < -0.4 is 10.2 Å². The molecule has 1 N–H and O–H groups in total. The Morgan fingerprint density at radius 1 is 1.00 bits per heavy atom. The van der Waals surface area contributed by atoms with E-state index < -0.39 is 0 Å². The largest absolute Gasteiger partial charge is 0.378 e. The summed E-state index contributed by atoms with van der Waals surface area (Å²) in [4.78, 5) is 6.99. The number of hydrogen-bond acceptors (Lipinski definition) is 4. The van der Waals surface area contributed by atoms with Gasteiger partial charge >= 0.3 is 0 Å². The van der Waals surface area contributed by atoms with Crippen LogP contribution in [0, 0.1) is 6.92 Å². The predicted octanol–water partition coefficient (Wildman–Crippen LogP) is 5.45. The Hall–Kier alpha value is -3.31. The van der Waals surface area contributed by atoms with Gasteiger partial charge < -0.3 is 15.0 Å². The number of ether oxygens (including phenoxy) is 1. The van der Waals surface area contributed by atoms with Crippen molar-refractivity contribution >= 4 is 22.7 Å². The van der Waals surface area contributed by atoms with Crippen molar-refractivity contribution in [3.8, 4) is 11.3 Å². The van der Waals surface area contributed by atoms with Gasteiger partial charge in [-0.1, -0.05) is 19.1 Å². The molecule has 0 radical (unpaired) electrons. The van der Waals surface area contributed by atoms with Crippen LogP contribution in [0.2, 0.25) is 0 Å². The molecule has 1 aliphatic heterocycles. The van der Waals surface area contributed by atoms with Crippen LogP contribution in [0.4, 0.5) is 17.1 Å². The van der Waals surface area contributed by atoms with Crippen molar-refractivity contribution in [1.29, 1.82) is 0 Å². The molecule has 3 heterocycles. The summed E-state index contributed by atoms with van der Waals surface area (Å²) in [6.45, 7) is 7.86. The zero-order valence-electron chi connectivity index (χ0n) is 18.1. The van der Waals surface area contributed by atoms with Gasteiger partial charge in [0.1, 0.15) is 0 Å². The Balaban J connectivity index is 1.43. The summed E-state index contributed by atoms with van der Waals surface area (Å²) < 4.78 is 7.62. The highest BCUT2D eigenvalue weighted by Gasteiger charge is 2.12. The molecule has 1 saturated heterocycles. The quantitative estimate of drug-likeness (QED) is 0.473. The zero-order chi connectivity index (χ0) is 21.2. The van der Waals surface area contributed by atoms with Crippen molar-refractivity contribution in [2.45, 2.75) is 20.3 Å². The third-order valence-corrected chi connectivity index (χ3v) is 6.10. The number of imidazole rings is 1. The maximum absolute atomic E-state index is 5.45. The number of nitrogens with zero attached hydrogens (tertiary/aromatic N) is 3. The molecule has 1 fully saturated rings. The van der Waals surface area contributed by atoms with Crippen molar-refractivity contribution in [1.82, 2.24) is 9.38 Å². The number of nitrogens with one attached hydrogen (secondary N) is 1. The van der Waals surface area contributed by atoms with Crippen molar-refractivity contribution in [3.05, 3.63) is 78.1 Å². The Kier molecular flexibility index (Phi) is 5.35. The first kappa shape index (κ1) is 19.6. The van der Waals surface area contributed by atoms with Gasteiger partial charge in [0.25, 0.3) is 0 Å². The number of aromatic nitrogens is 2. The molecule has 158 valence electrons. The molecular formula is C26H28N4O. The summed E-state index contributed by atoms with van der Waals surface area (Å²) in [5, 5.41) is 3.55. The highest BCUT2D eigenvalue weighted by molar-refractivity contribution is 5.78. The summed E-state index contributed by atoms with van der Waals surface area (Å²) in [6.07, 6.45) is 4.93. The minimum Gasteiger partial charge on any atom is -0.378 e. The van der Waals surface area contributed by atoms with E-state index in [9.17, 15) is 0 Å². The van der Waals surface area contributed by atoms with Gasteiger partial charge in [-0.2, -0.15) is 0 Å². The topological polar surface area (TPSA) is 41.8 Å². The lowest BCUT2D eigenvalue weighted by atomic mass is 10.0. The molecule has 5 nitrogen and oxygen atoms in total. The lowest BCUT2D eigenvalue weighted by Crippen LogP contribution is -2.36. The Morgan fingerprint density at radius 2 is 1.81 bits per heavy atom. The summed E-state index contributed by atoms with van der Waals surface area (Å²) in [6, 6.07) is 19.6. The molecule has 0 amide bonds. The van der Waals surface area contributed by atoms with E-state index in [0.29, 0.717) is 0 Å². The fraction of sp³-hybridized carbons (Fsp3) is 0.269. The van der Waals surface area contributed by atoms with E-state index in [1.807, 2.05) is 12.4 Å². The first-order chi connectivity index (χ1) is 15.2. The van der Waals surface area contributed by atoms with E-state index in [2.05, 4.69) is 88.0 Å². The van der Waals surface area contributed by atoms with Crippen LogP contribution in [0.3, 0.4) is 0 Å². The highest BCUT2D eigenvalue weighted by atomic mass is 16.5. The molecule has 0 saturated carbocycles. The first-order valence-corrected chi connectivity index (χ1v) is 11.0. The van der Waals surface area contributed by atoms with Gasteiger partial charge in [-0.25, -0.2) is 4.98 Å². The van der Waals surface area contributed by atoms with Crippen LogP contribution in [0.15, 0.2) is 67.0 Å². The Bertz CT molecular complexity index is 1190. The number of rotatable bonds is 5. The third kappa shape index (κ3) is 3.89. The SMILES string of the molecule is CCc1cc(-c2ccc(Nc3ccc(N4CCOCC4)cc3)c3nccn23)ccc1C. The van der Waals surface area contributed by atoms with Crippen molar-refractivity contribution in [2.24, 2.45) is 0 Å². The van der Waals surface area contributed by atoms with Crippen LogP contribution >= 0.6 is 0 Å². The monoisotopic (exact) mass is 412 g/mol. The molecule has 0 unspecified atom stereocenters. The van der Waals surface area contributed by atoms with E-state index in [1.54, 1.807) is 0 Å². The summed E-state index contributed by atoms with van der Waals surface area (Å²) >= 11 is 0. The Labute approximate surface area is 183 Å². The smallest absolute Gasteiger partial charge is 0.161 e. The highest BCUT2D eigenvalue weighted by Crippen LogP contribution is 2.29. The average molecular weight is 413 g/mol. The molecular weight excluding hydrogens is 384 g/mol. The molecule has 4 aromatic rings. The number of benzene rings is 2. The lowest BCUT2D eigenvalue weighted by molar-refractivity contribution is 0.122. The lowest BCUT2D eigenvalue weighted by Gasteiger charge is -2.29. The summed E-state index contributed by atoms with van der Waals surface area (Å²) in [5.74, 6) is 0. The van der Waals surface area contributed by atoms with E-state index in [1.165, 1.54) is 22.4 Å². The molecule has 1 aliphatic rings. The number of fused-ring (bicyclic) bond motifs is 1. The number of anilines is 3. The maximum Gasteiger partial charge on any atom is 0.161 e. The van der Waals surface area contributed by atoms with Gasteiger partial charge in [-0.15, -0.1) is 0 Å². The molecule has 2 aromatic carbocycles. The van der Waals surface area contributed by atoms with Gasteiger partial charge in [0.05, 0.1) is 24.6 Å². The van der Waals surface area contributed by atoms with Crippen LogP contribution in [0.5, 0.6) is 0 Å². The van der Waals surface area contributed by atoms with Crippen LogP contribution in [0.25, 0.3) is 16.9 Å². The number of aryl methyl sites for hydroxylation is 2. The van der Waals surface area contributed by atoms with Gasteiger partial charge in [-0.05, 0) is 72.5 Å². The second kappa shape index (κ2) is 8.44. The van der Waals surface area contributed by atoms with Gasteiger partial charge in [0, 0.05) is 36.9 Å². The average Bonchev–Trinajstić information content (AvgIpc) is 3.31. The summed E-state index contributed by atoms with van der Waals surface area (Å²) in [5.41, 5.74) is 9.30. The number of morpholine rings is 1. The van der Waals surface area contributed by atoms with E-state index in [-0.39, 0.29) is 0 Å². The number of hydrogen-bond donors (Lipinski definition) is 1. The molecule has 0 aliphatic carbocycles. The fourth-order valence-corrected chi connectivity index (χ4v) is 4.29. The van der Waals surface area contributed by atoms with E-state index in [0.717, 1.165) is 55.4 Å². The first-order valence-electron chi connectivity index (χ1n) is 11.0. The summed E-state index contributed by atoms with van der Waals surface area (Å²) in [7, 11) is 0. The standard InChI is InChI=1S/C26H28N4O/c1-3-20-18-21(5-4-19(20)2)25-11-10-24(26-27-12-13-30(25)26)28-22-6-8-23(9-7-22)29-14-16-31-17-15-29/h4-13,18,28H,3,14-17H2,1-2H3. The fourth-order valence-electron chi connectivity index (χ4n) is 4.29. The predicted molar refractivity (Wildman–Crippen MR) is 127 cm³/mol. The minimum absolute atomic E-state index is 0.797.